The van der Waals surface area contributed by atoms with Gasteiger partial charge in [0.2, 0.25) is 0 Å². The standard InChI is InChI=1S/C13H26N2/c1-9-3-6-13(10(2)7-9)15-12-5-4-11(14)8-12/h9-13,15H,3-8,14H2,1-2H3. The van der Waals surface area contributed by atoms with Crippen LogP contribution in [0.4, 0.5) is 0 Å². The van der Waals surface area contributed by atoms with Crippen molar-refractivity contribution in [2.45, 2.75) is 70.5 Å². The summed E-state index contributed by atoms with van der Waals surface area (Å²) in [5, 5.41) is 3.84. The Kier molecular flexibility index (Phi) is 3.68. The summed E-state index contributed by atoms with van der Waals surface area (Å²) in [6.45, 7) is 4.79. The highest BCUT2D eigenvalue weighted by molar-refractivity contribution is 4.88. The largest absolute Gasteiger partial charge is 0.328 e. The first-order chi connectivity index (χ1) is 7.15. The molecule has 2 aliphatic rings. The molecule has 2 heteroatoms. The van der Waals surface area contributed by atoms with E-state index in [0.717, 1.165) is 17.9 Å². The van der Waals surface area contributed by atoms with Crippen molar-refractivity contribution in [1.82, 2.24) is 5.32 Å². The van der Waals surface area contributed by atoms with Crippen LogP contribution >= 0.6 is 0 Å². The molecule has 0 aromatic heterocycles. The van der Waals surface area contributed by atoms with E-state index in [1.807, 2.05) is 0 Å². The second kappa shape index (κ2) is 4.84. The summed E-state index contributed by atoms with van der Waals surface area (Å²) < 4.78 is 0. The Labute approximate surface area is 94.0 Å². The molecule has 2 saturated carbocycles. The molecule has 88 valence electrons. The van der Waals surface area contributed by atoms with Crippen molar-refractivity contribution < 1.29 is 0 Å². The molecule has 0 saturated heterocycles. The fourth-order valence-corrected chi connectivity index (χ4v) is 3.38. The van der Waals surface area contributed by atoms with Gasteiger partial charge in [0.25, 0.3) is 0 Å². The minimum absolute atomic E-state index is 0.459. The van der Waals surface area contributed by atoms with Crippen molar-refractivity contribution in [2.75, 3.05) is 0 Å². The number of nitrogens with one attached hydrogen (secondary N) is 1. The average Bonchev–Trinajstić information content (AvgIpc) is 2.56. The van der Waals surface area contributed by atoms with Gasteiger partial charge < -0.3 is 11.1 Å². The second-order valence-corrected chi connectivity index (χ2v) is 5.94. The van der Waals surface area contributed by atoms with Crippen LogP contribution < -0.4 is 11.1 Å². The number of nitrogens with two attached hydrogens (primary N) is 1. The quantitative estimate of drug-likeness (QED) is 0.734. The topological polar surface area (TPSA) is 38.0 Å². The molecule has 0 spiro atoms. The second-order valence-electron chi connectivity index (χ2n) is 5.94. The lowest BCUT2D eigenvalue weighted by molar-refractivity contribution is 0.213. The third-order valence-electron chi connectivity index (χ3n) is 4.35. The predicted molar refractivity (Wildman–Crippen MR) is 64.7 cm³/mol. The molecule has 2 aliphatic carbocycles. The number of rotatable bonds is 2. The Hall–Kier alpha value is -0.0800. The zero-order valence-corrected chi connectivity index (χ0v) is 10.2. The van der Waals surface area contributed by atoms with Crippen LogP contribution in [-0.4, -0.2) is 18.1 Å². The van der Waals surface area contributed by atoms with Crippen molar-refractivity contribution >= 4 is 0 Å². The van der Waals surface area contributed by atoms with E-state index in [1.165, 1.54) is 38.5 Å². The molecule has 0 radical (unpaired) electrons. The summed E-state index contributed by atoms with van der Waals surface area (Å²) in [6, 6.07) is 1.93. The molecule has 0 heterocycles. The van der Waals surface area contributed by atoms with Crippen LogP contribution in [0.5, 0.6) is 0 Å². The molecule has 0 bridgehead atoms. The van der Waals surface area contributed by atoms with Crippen LogP contribution in [0.1, 0.15) is 52.4 Å². The Morgan fingerprint density at radius 1 is 1.00 bits per heavy atom. The minimum Gasteiger partial charge on any atom is -0.328 e. The highest BCUT2D eigenvalue weighted by Crippen LogP contribution is 2.30. The van der Waals surface area contributed by atoms with E-state index < -0.39 is 0 Å². The van der Waals surface area contributed by atoms with Crippen molar-refractivity contribution in [1.29, 1.82) is 0 Å². The minimum atomic E-state index is 0.459. The third kappa shape index (κ3) is 2.94. The van der Waals surface area contributed by atoms with Gasteiger partial charge in [-0.05, 0) is 50.4 Å². The lowest BCUT2D eigenvalue weighted by Crippen LogP contribution is -2.44. The molecule has 2 rings (SSSR count). The summed E-state index contributed by atoms with van der Waals surface area (Å²) in [7, 11) is 0. The van der Waals surface area contributed by atoms with E-state index in [2.05, 4.69) is 19.2 Å². The highest BCUT2D eigenvalue weighted by Gasteiger charge is 2.29. The first-order valence-corrected chi connectivity index (χ1v) is 6.66. The van der Waals surface area contributed by atoms with Gasteiger partial charge in [-0.1, -0.05) is 13.8 Å². The Morgan fingerprint density at radius 3 is 2.40 bits per heavy atom. The maximum Gasteiger partial charge on any atom is 0.00954 e. The zero-order valence-electron chi connectivity index (χ0n) is 10.2. The first kappa shape index (κ1) is 11.4. The monoisotopic (exact) mass is 210 g/mol. The van der Waals surface area contributed by atoms with Gasteiger partial charge in [0.1, 0.15) is 0 Å². The first-order valence-electron chi connectivity index (χ1n) is 6.66. The molecule has 5 unspecified atom stereocenters. The number of hydrogen-bond acceptors (Lipinski definition) is 2. The van der Waals surface area contributed by atoms with E-state index in [-0.39, 0.29) is 0 Å². The van der Waals surface area contributed by atoms with Gasteiger partial charge >= 0.3 is 0 Å². The molecule has 15 heavy (non-hydrogen) atoms. The Morgan fingerprint density at radius 2 is 1.80 bits per heavy atom. The fourth-order valence-electron chi connectivity index (χ4n) is 3.38. The molecule has 2 fully saturated rings. The summed E-state index contributed by atoms with van der Waals surface area (Å²) in [6.07, 6.45) is 7.87. The van der Waals surface area contributed by atoms with Gasteiger partial charge in [-0.15, -0.1) is 0 Å². The molecule has 5 atom stereocenters. The fraction of sp³-hybridized carbons (Fsp3) is 1.00. The van der Waals surface area contributed by atoms with Crippen LogP contribution in [0.2, 0.25) is 0 Å². The van der Waals surface area contributed by atoms with E-state index in [1.54, 1.807) is 0 Å². The van der Waals surface area contributed by atoms with Gasteiger partial charge in [0.15, 0.2) is 0 Å². The maximum atomic E-state index is 5.95. The Bertz CT molecular complexity index is 205. The zero-order chi connectivity index (χ0) is 10.8. The molecule has 0 amide bonds. The molecule has 3 N–H and O–H groups in total. The van der Waals surface area contributed by atoms with E-state index in [4.69, 9.17) is 5.73 Å². The lowest BCUT2D eigenvalue weighted by atomic mass is 9.79. The van der Waals surface area contributed by atoms with Gasteiger partial charge in [-0.25, -0.2) is 0 Å². The van der Waals surface area contributed by atoms with Crippen LogP contribution in [0.25, 0.3) is 0 Å². The predicted octanol–water partition coefficient (Wildman–Crippen LogP) is 2.28. The van der Waals surface area contributed by atoms with Crippen molar-refractivity contribution in [3.63, 3.8) is 0 Å². The smallest absolute Gasteiger partial charge is 0.00954 e. The molecular weight excluding hydrogens is 184 g/mol. The summed E-state index contributed by atoms with van der Waals surface area (Å²) in [5.41, 5.74) is 5.95. The van der Waals surface area contributed by atoms with Crippen LogP contribution in [0.3, 0.4) is 0 Å². The van der Waals surface area contributed by atoms with Crippen molar-refractivity contribution in [3.8, 4) is 0 Å². The molecule has 0 aromatic carbocycles. The molecular formula is C13H26N2. The SMILES string of the molecule is CC1CCC(NC2CCC(N)C2)C(C)C1. The highest BCUT2D eigenvalue weighted by atomic mass is 15.0. The summed E-state index contributed by atoms with van der Waals surface area (Å²) in [5.74, 6) is 1.79. The summed E-state index contributed by atoms with van der Waals surface area (Å²) in [4.78, 5) is 0. The van der Waals surface area contributed by atoms with E-state index >= 15 is 0 Å². The van der Waals surface area contributed by atoms with Crippen molar-refractivity contribution in [2.24, 2.45) is 17.6 Å². The van der Waals surface area contributed by atoms with Gasteiger partial charge in [-0.2, -0.15) is 0 Å². The van der Waals surface area contributed by atoms with Gasteiger partial charge in [-0.3, -0.25) is 0 Å². The number of hydrogen-bond donors (Lipinski definition) is 2. The lowest BCUT2D eigenvalue weighted by Gasteiger charge is -2.35. The normalized spacial score (nSPS) is 47.0. The molecule has 2 nitrogen and oxygen atoms in total. The van der Waals surface area contributed by atoms with Gasteiger partial charge in [0, 0.05) is 18.1 Å². The van der Waals surface area contributed by atoms with E-state index in [9.17, 15) is 0 Å². The van der Waals surface area contributed by atoms with Gasteiger partial charge in [0.05, 0.1) is 0 Å². The van der Waals surface area contributed by atoms with E-state index in [0.29, 0.717) is 12.1 Å². The van der Waals surface area contributed by atoms with Crippen LogP contribution in [0, 0.1) is 11.8 Å². The molecule has 0 aliphatic heterocycles. The van der Waals surface area contributed by atoms with Crippen LogP contribution in [-0.2, 0) is 0 Å². The Balaban J connectivity index is 1.79. The average molecular weight is 210 g/mol. The third-order valence-corrected chi connectivity index (χ3v) is 4.35. The van der Waals surface area contributed by atoms with Crippen LogP contribution in [0.15, 0.2) is 0 Å². The van der Waals surface area contributed by atoms with Crippen molar-refractivity contribution in [3.05, 3.63) is 0 Å². The maximum absolute atomic E-state index is 5.95. The summed E-state index contributed by atoms with van der Waals surface area (Å²) >= 11 is 0. The molecule has 0 aromatic rings.